The number of hydrogen-bond acceptors (Lipinski definition) is 7. The van der Waals surface area contributed by atoms with E-state index in [0.29, 0.717) is 30.5 Å². The summed E-state index contributed by atoms with van der Waals surface area (Å²) in [5, 5.41) is 13.1. The van der Waals surface area contributed by atoms with Crippen LogP contribution in [0.25, 0.3) is 16.6 Å². The summed E-state index contributed by atoms with van der Waals surface area (Å²) >= 11 is 0. The van der Waals surface area contributed by atoms with Gasteiger partial charge in [0, 0.05) is 43.3 Å². The Morgan fingerprint density at radius 3 is 2.76 bits per heavy atom. The highest BCUT2D eigenvalue weighted by Gasteiger charge is 2.26. The number of fused-ring (bicyclic) bond motifs is 1. The zero-order valence-corrected chi connectivity index (χ0v) is 19.3. The SMILES string of the molecule is CC=O.O=S(=O)(c1cccc(N2CCC(O)C2)c1)n1cc(C2=CCNCC2)c2ncccc21. The van der Waals surface area contributed by atoms with Crippen molar-refractivity contribution in [2.24, 2.45) is 0 Å². The van der Waals surface area contributed by atoms with E-state index in [-0.39, 0.29) is 11.0 Å². The lowest BCUT2D eigenvalue weighted by atomic mass is 10.0. The van der Waals surface area contributed by atoms with Gasteiger partial charge in [0.25, 0.3) is 10.0 Å². The lowest BCUT2D eigenvalue weighted by Crippen LogP contribution is -2.21. The summed E-state index contributed by atoms with van der Waals surface area (Å²) in [6, 6.07) is 10.5. The third kappa shape index (κ3) is 4.71. The van der Waals surface area contributed by atoms with Crippen LogP contribution in [-0.4, -0.2) is 61.0 Å². The molecule has 0 radical (unpaired) electrons. The number of hydrogen-bond donors (Lipinski definition) is 2. The van der Waals surface area contributed by atoms with Crippen LogP contribution < -0.4 is 10.2 Å². The first-order chi connectivity index (χ1) is 16.0. The highest BCUT2D eigenvalue weighted by Crippen LogP contribution is 2.32. The van der Waals surface area contributed by atoms with Crippen LogP contribution in [0, 0.1) is 0 Å². The summed E-state index contributed by atoms with van der Waals surface area (Å²) < 4.78 is 28.6. The Labute approximate surface area is 193 Å². The second-order valence-electron chi connectivity index (χ2n) is 8.02. The molecule has 3 aromatic rings. The Balaban J connectivity index is 0.000000821. The number of aliphatic hydroxyl groups excluding tert-OH is 1. The molecule has 2 N–H and O–H groups in total. The number of benzene rings is 1. The first kappa shape index (κ1) is 23.2. The third-order valence-electron chi connectivity index (χ3n) is 5.84. The van der Waals surface area contributed by atoms with Gasteiger partial charge in [-0.2, -0.15) is 0 Å². The molecule has 174 valence electrons. The van der Waals surface area contributed by atoms with Crippen molar-refractivity contribution < 1.29 is 18.3 Å². The van der Waals surface area contributed by atoms with Crippen molar-refractivity contribution in [2.45, 2.75) is 30.8 Å². The van der Waals surface area contributed by atoms with Gasteiger partial charge in [-0.3, -0.25) is 4.98 Å². The molecule has 0 amide bonds. The standard InChI is InChI=1S/C22H24N4O3S.C2H4O/c27-18-8-12-25(14-18)17-3-1-4-19(13-17)30(28,29)26-15-20(16-6-10-23-11-7-16)22-21(26)5-2-9-24-22;1-2-3/h1-6,9,13,15,18,23,27H,7-8,10-12,14H2;2H,1H3. The number of β-amino-alcohol motifs (C(OH)–C–C–N with tert-alkyl or cyclic N) is 1. The first-order valence-corrected chi connectivity index (χ1v) is 12.4. The maximum Gasteiger partial charge on any atom is 0.268 e. The third-order valence-corrected chi connectivity index (χ3v) is 7.51. The predicted molar refractivity (Wildman–Crippen MR) is 129 cm³/mol. The molecule has 1 fully saturated rings. The Morgan fingerprint density at radius 2 is 2.06 bits per heavy atom. The highest BCUT2D eigenvalue weighted by atomic mass is 32.2. The van der Waals surface area contributed by atoms with Gasteiger partial charge < -0.3 is 20.1 Å². The van der Waals surface area contributed by atoms with Gasteiger partial charge in [-0.05, 0) is 62.2 Å². The van der Waals surface area contributed by atoms with E-state index in [0.717, 1.165) is 42.6 Å². The molecule has 33 heavy (non-hydrogen) atoms. The summed E-state index contributed by atoms with van der Waals surface area (Å²) in [4.78, 5) is 15.5. The van der Waals surface area contributed by atoms with Gasteiger partial charge >= 0.3 is 0 Å². The molecule has 1 aromatic carbocycles. The molecule has 2 aromatic heterocycles. The zero-order valence-electron chi connectivity index (χ0n) is 18.5. The Bertz CT molecular complexity index is 1280. The van der Waals surface area contributed by atoms with Gasteiger partial charge in [-0.15, -0.1) is 0 Å². The number of rotatable bonds is 4. The molecular weight excluding hydrogens is 440 g/mol. The number of pyridine rings is 1. The minimum atomic E-state index is -3.80. The van der Waals surface area contributed by atoms with Crippen molar-refractivity contribution in [3.05, 3.63) is 60.4 Å². The second kappa shape index (κ2) is 9.86. The quantitative estimate of drug-likeness (QED) is 0.567. The Hall–Kier alpha value is -3.01. The zero-order chi connectivity index (χ0) is 23.4. The summed E-state index contributed by atoms with van der Waals surface area (Å²) in [6.45, 7) is 4.31. The van der Waals surface area contributed by atoms with Crippen LogP contribution in [0.1, 0.15) is 25.3 Å². The van der Waals surface area contributed by atoms with E-state index in [9.17, 15) is 13.5 Å². The molecule has 0 bridgehead atoms. The second-order valence-corrected chi connectivity index (χ2v) is 9.83. The van der Waals surface area contributed by atoms with Crippen molar-refractivity contribution in [2.75, 3.05) is 31.1 Å². The van der Waals surface area contributed by atoms with E-state index in [1.165, 1.54) is 10.9 Å². The Morgan fingerprint density at radius 1 is 1.24 bits per heavy atom. The van der Waals surface area contributed by atoms with Crippen LogP contribution in [0.3, 0.4) is 0 Å². The molecule has 2 aliphatic rings. The molecular formula is C24H28N4O4S. The summed E-state index contributed by atoms with van der Waals surface area (Å²) in [7, 11) is -3.80. The topological polar surface area (TPSA) is 105 Å². The number of anilines is 1. The van der Waals surface area contributed by atoms with E-state index in [2.05, 4.69) is 16.4 Å². The van der Waals surface area contributed by atoms with Crippen LogP contribution in [0.5, 0.6) is 0 Å². The van der Waals surface area contributed by atoms with Crippen molar-refractivity contribution in [1.82, 2.24) is 14.3 Å². The fourth-order valence-electron chi connectivity index (χ4n) is 4.26. The van der Waals surface area contributed by atoms with E-state index in [4.69, 9.17) is 4.79 Å². The van der Waals surface area contributed by atoms with Crippen molar-refractivity contribution in [3.63, 3.8) is 0 Å². The van der Waals surface area contributed by atoms with Crippen LogP contribution >= 0.6 is 0 Å². The number of carbonyl (C=O) groups is 1. The highest BCUT2D eigenvalue weighted by molar-refractivity contribution is 7.90. The number of carbonyl (C=O) groups excluding carboxylic acids is 1. The number of nitrogens with zero attached hydrogens (tertiary/aromatic N) is 3. The van der Waals surface area contributed by atoms with E-state index >= 15 is 0 Å². The lowest BCUT2D eigenvalue weighted by Gasteiger charge is -2.18. The van der Waals surface area contributed by atoms with Gasteiger partial charge in [-0.25, -0.2) is 12.4 Å². The van der Waals surface area contributed by atoms with Gasteiger partial charge in [0.1, 0.15) is 6.29 Å². The van der Waals surface area contributed by atoms with Gasteiger partial charge in [0.05, 0.1) is 22.0 Å². The smallest absolute Gasteiger partial charge is 0.268 e. The fraction of sp³-hybridized carbons (Fsp3) is 0.333. The molecule has 2 aliphatic heterocycles. The predicted octanol–water partition coefficient (Wildman–Crippen LogP) is 2.43. The van der Waals surface area contributed by atoms with Gasteiger partial charge in [0.15, 0.2) is 0 Å². The molecule has 0 aliphatic carbocycles. The molecule has 9 heteroatoms. The van der Waals surface area contributed by atoms with Crippen LogP contribution in [0.2, 0.25) is 0 Å². The lowest BCUT2D eigenvalue weighted by molar-refractivity contribution is -0.106. The largest absolute Gasteiger partial charge is 0.391 e. The Kier molecular flexibility index (Phi) is 6.92. The summed E-state index contributed by atoms with van der Waals surface area (Å²) in [5.41, 5.74) is 4.08. The maximum atomic E-state index is 13.6. The van der Waals surface area contributed by atoms with Crippen molar-refractivity contribution in [3.8, 4) is 0 Å². The van der Waals surface area contributed by atoms with E-state index in [1.807, 2.05) is 11.0 Å². The number of aldehydes is 1. The van der Waals surface area contributed by atoms with Gasteiger partial charge in [-0.1, -0.05) is 12.1 Å². The molecule has 5 rings (SSSR count). The fourth-order valence-corrected chi connectivity index (χ4v) is 5.66. The number of aromatic nitrogens is 2. The minimum absolute atomic E-state index is 0.230. The van der Waals surface area contributed by atoms with Crippen molar-refractivity contribution in [1.29, 1.82) is 0 Å². The average Bonchev–Trinajstić information content (AvgIpc) is 3.45. The summed E-state index contributed by atoms with van der Waals surface area (Å²) in [5.74, 6) is 0. The molecule has 0 saturated carbocycles. The van der Waals surface area contributed by atoms with E-state index in [1.54, 1.807) is 42.7 Å². The molecule has 4 heterocycles. The van der Waals surface area contributed by atoms with E-state index < -0.39 is 10.0 Å². The number of aliphatic hydroxyl groups is 1. The molecule has 1 saturated heterocycles. The maximum absolute atomic E-state index is 13.6. The molecule has 1 unspecified atom stereocenters. The summed E-state index contributed by atoms with van der Waals surface area (Å²) in [6.07, 6.45) is 7.41. The van der Waals surface area contributed by atoms with Crippen LogP contribution in [-0.2, 0) is 14.8 Å². The molecule has 8 nitrogen and oxygen atoms in total. The van der Waals surface area contributed by atoms with Crippen LogP contribution in [0.4, 0.5) is 5.69 Å². The van der Waals surface area contributed by atoms with Gasteiger partial charge in [0.2, 0.25) is 0 Å². The van der Waals surface area contributed by atoms with Crippen molar-refractivity contribution >= 4 is 38.6 Å². The average molecular weight is 469 g/mol. The van der Waals surface area contributed by atoms with Crippen LogP contribution in [0.15, 0.2) is 59.8 Å². The first-order valence-electron chi connectivity index (χ1n) is 11.0. The normalized spacial score (nSPS) is 18.5. The molecule has 1 atom stereocenters. The number of nitrogens with one attached hydrogen (secondary N) is 1. The minimum Gasteiger partial charge on any atom is -0.391 e. The monoisotopic (exact) mass is 468 g/mol. The molecule has 0 spiro atoms.